The normalized spacial score (nSPS) is 12.4. The Hall–Kier alpha value is -3.49. The van der Waals surface area contributed by atoms with Gasteiger partial charge in [-0.3, -0.25) is 9.20 Å². The fourth-order valence-electron chi connectivity index (χ4n) is 2.69. The molecule has 3 aromatic heterocycles. The van der Waals surface area contributed by atoms with E-state index in [1.165, 1.54) is 16.8 Å². The summed E-state index contributed by atoms with van der Waals surface area (Å²) in [5.41, 5.74) is 1.99. The van der Waals surface area contributed by atoms with E-state index in [0.29, 0.717) is 22.6 Å². The first kappa shape index (κ1) is 16.0. The van der Waals surface area contributed by atoms with Crippen LogP contribution in [0, 0.1) is 5.82 Å². The summed E-state index contributed by atoms with van der Waals surface area (Å²) >= 11 is 0. The summed E-state index contributed by atoms with van der Waals surface area (Å²) in [5.74, 6) is -0.411. The lowest BCUT2D eigenvalue weighted by Gasteiger charge is -2.14. The minimum absolute atomic E-state index is 0.0804. The molecule has 1 atom stereocenters. The van der Waals surface area contributed by atoms with E-state index in [1.807, 2.05) is 0 Å². The van der Waals surface area contributed by atoms with Crippen LogP contribution in [0.1, 0.15) is 18.7 Å². The molecule has 4 rings (SSSR count). The number of rotatable bonds is 4. The minimum atomic E-state index is -0.492. The molecule has 26 heavy (non-hydrogen) atoms. The van der Waals surface area contributed by atoms with Crippen molar-refractivity contribution in [2.75, 3.05) is 0 Å². The van der Waals surface area contributed by atoms with Gasteiger partial charge in [0.1, 0.15) is 11.8 Å². The lowest BCUT2D eigenvalue weighted by atomic mass is 10.1. The van der Waals surface area contributed by atoms with Crippen LogP contribution in [0.25, 0.3) is 16.9 Å². The molecule has 8 nitrogen and oxygen atoms in total. The number of aromatic amines is 1. The van der Waals surface area contributed by atoms with Crippen LogP contribution >= 0.6 is 0 Å². The predicted molar refractivity (Wildman–Crippen MR) is 91.3 cm³/mol. The van der Waals surface area contributed by atoms with E-state index in [1.54, 1.807) is 49.1 Å². The molecular weight excluding hydrogens is 339 g/mol. The molecule has 9 heteroatoms. The first-order valence-electron chi connectivity index (χ1n) is 7.89. The molecular formula is C17H15FN6O2. The fraction of sp³-hybridized carbons (Fsp3) is 0.176. The number of aryl methyl sites for hydroxylation is 1. The molecule has 0 aliphatic rings. The summed E-state index contributed by atoms with van der Waals surface area (Å²) in [5, 5.41) is 10.2. The van der Waals surface area contributed by atoms with Crippen molar-refractivity contribution in [1.29, 1.82) is 0 Å². The van der Waals surface area contributed by atoms with Gasteiger partial charge in [-0.1, -0.05) is 0 Å². The molecule has 132 valence electrons. The monoisotopic (exact) mass is 354 g/mol. The molecule has 3 heterocycles. The van der Waals surface area contributed by atoms with Gasteiger partial charge in [-0.15, -0.1) is 0 Å². The number of nitrogens with one attached hydrogen (secondary N) is 1. The molecule has 1 aromatic carbocycles. The smallest absolute Gasteiger partial charge is 0.293 e. The van der Waals surface area contributed by atoms with E-state index in [4.69, 9.17) is 4.74 Å². The van der Waals surface area contributed by atoms with Crippen LogP contribution in [0.5, 0.6) is 5.75 Å². The van der Waals surface area contributed by atoms with Crippen molar-refractivity contribution >= 4 is 5.65 Å². The maximum Gasteiger partial charge on any atom is 0.293 e. The summed E-state index contributed by atoms with van der Waals surface area (Å²) in [6, 6.07) is 4.51. The standard InChI is InChI=1S/C17H15FN6O2/c1-10(13-8-20-22-21-13)26-15-7-11(3-4-12(15)18)14-9-19-16-17(25)23(2)5-6-24(14)16/h3-10H,1-2H3,(H,20,21,22). The van der Waals surface area contributed by atoms with Gasteiger partial charge in [0.2, 0.25) is 5.65 Å². The molecule has 0 bridgehead atoms. The lowest BCUT2D eigenvalue weighted by Crippen LogP contribution is -2.18. The molecule has 0 aliphatic carbocycles. The molecule has 1 N–H and O–H groups in total. The Bertz CT molecular complexity index is 1130. The number of hydrogen-bond acceptors (Lipinski definition) is 5. The first-order valence-corrected chi connectivity index (χ1v) is 7.89. The van der Waals surface area contributed by atoms with E-state index in [-0.39, 0.29) is 11.3 Å². The van der Waals surface area contributed by atoms with Crippen molar-refractivity contribution in [3.8, 4) is 17.0 Å². The molecule has 0 saturated carbocycles. The van der Waals surface area contributed by atoms with Crippen molar-refractivity contribution in [2.24, 2.45) is 7.05 Å². The molecule has 4 aromatic rings. The Labute approximate surface area is 146 Å². The largest absolute Gasteiger partial charge is 0.481 e. The summed E-state index contributed by atoms with van der Waals surface area (Å²) < 4.78 is 23.0. The average molecular weight is 354 g/mol. The third kappa shape index (κ3) is 2.63. The molecule has 0 saturated heterocycles. The van der Waals surface area contributed by atoms with E-state index < -0.39 is 11.9 Å². The van der Waals surface area contributed by atoms with Crippen LogP contribution in [-0.2, 0) is 7.05 Å². The van der Waals surface area contributed by atoms with Crippen molar-refractivity contribution in [3.05, 3.63) is 64.9 Å². The van der Waals surface area contributed by atoms with E-state index in [0.717, 1.165) is 0 Å². The van der Waals surface area contributed by atoms with Gasteiger partial charge < -0.3 is 9.30 Å². The third-order valence-electron chi connectivity index (χ3n) is 4.13. The van der Waals surface area contributed by atoms with Crippen LogP contribution in [0.2, 0.25) is 0 Å². The Balaban J connectivity index is 1.75. The highest BCUT2D eigenvalue weighted by Gasteiger charge is 2.16. The molecule has 0 fully saturated rings. The summed E-state index contributed by atoms with van der Waals surface area (Å²) in [7, 11) is 1.66. The van der Waals surface area contributed by atoms with Crippen molar-refractivity contribution < 1.29 is 9.13 Å². The van der Waals surface area contributed by atoms with E-state index >= 15 is 0 Å². The van der Waals surface area contributed by atoms with Gasteiger partial charge in [-0.05, 0) is 25.1 Å². The number of ether oxygens (including phenoxy) is 1. The highest BCUT2D eigenvalue weighted by Crippen LogP contribution is 2.29. The number of hydrogen-bond donors (Lipinski definition) is 1. The van der Waals surface area contributed by atoms with E-state index in [2.05, 4.69) is 20.4 Å². The van der Waals surface area contributed by atoms with Gasteiger partial charge in [0.15, 0.2) is 11.6 Å². The molecule has 0 aliphatic heterocycles. The quantitative estimate of drug-likeness (QED) is 0.606. The Kier molecular flexibility index (Phi) is 3.76. The fourth-order valence-corrected chi connectivity index (χ4v) is 2.69. The second-order valence-electron chi connectivity index (χ2n) is 5.85. The summed E-state index contributed by atoms with van der Waals surface area (Å²) in [4.78, 5) is 16.3. The summed E-state index contributed by atoms with van der Waals surface area (Å²) in [6.07, 6.45) is 6.00. The van der Waals surface area contributed by atoms with Gasteiger partial charge in [0.25, 0.3) is 5.56 Å². The van der Waals surface area contributed by atoms with Gasteiger partial charge in [0.05, 0.1) is 18.1 Å². The number of aromatic nitrogens is 6. The van der Waals surface area contributed by atoms with Crippen LogP contribution in [-0.4, -0.2) is 29.4 Å². The number of benzene rings is 1. The van der Waals surface area contributed by atoms with Gasteiger partial charge in [-0.25, -0.2) is 9.37 Å². The zero-order valence-corrected chi connectivity index (χ0v) is 14.0. The SMILES string of the molecule is CC(Oc1cc(-c2cnc3c(=O)n(C)ccn23)ccc1F)c1cn[nH]n1. The van der Waals surface area contributed by atoms with Crippen LogP contribution < -0.4 is 10.3 Å². The minimum Gasteiger partial charge on any atom is -0.481 e. The average Bonchev–Trinajstić information content (AvgIpc) is 3.30. The highest BCUT2D eigenvalue weighted by atomic mass is 19.1. The first-order chi connectivity index (χ1) is 12.5. The van der Waals surface area contributed by atoms with Crippen molar-refractivity contribution in [2.45, 2.75) is 13.0 Å². The second kappa shape index (κ2) is 6.10. The van der Waals surface area contributed by atoms with Crippen LogP contribution in [0.4, 0.5) is 4.39 Å². The zero-order chi connectivity index (χ0) is 18.3. The van der Waals surface area contributed by atoms with Crippen molar-refractivity contribution in [1.82, 2.24) is 29.4 Å². The van der Waals surface area contributed by atoms with Gasteiger partial charge >= 0.3 is 0 Å². The Morgan fingerprint density at radius 1 is 1.27 bits per heavy atom. The number of H-pyrrole nitrogens is 1. The Morgan fingerprint density at radius 2 is 2.12 bits per heavy atom. The molecule has 0 amide bonds. The zero-order valence-electron chi connectivity index (χ0n) is 14.0. The number of halogens is 1. The Morgan fingerprint density at radius 3 is 2.88 bits per heavy atom. The summed E-state index contributed by atoms with van der Waals surface area (Å²) in [6.45, 7) is 1.75. The molecule has 1 unspecified atom stereocenters. The van der Waals surface area contributed by atoms with Crippen molar-refractivity contribution in [3.63, 3.8) is 0 Å². The maximum absolute atomic E-state index is 14.2. The van der Waals surface area contributed by atoms with Crippen LogP contribution in [0.3, 0.4) is 0 Å². The number of nitrogens with zero attached hydrogens (tertiary/aromatic N) is 5. The molecule has 0 radical (unpaired) electrons. The number of fused-ring (bicyclic) bond motifs is 1. The third-order valence-corrected chi connectivity index (χ3v) is 4.13. The predicted octanol–water partition coefficient (Wildman–Crippen LogP) is 2.10. The van der Waals surface area contributed by atoms with Crippen LogP contribution in [0.15, 0.2) is 47.8 Å². The van der Waals surface area contributed by atoms with Gasteiger partial charge in [-0.2, -0.15) is 15.4 Å². The maximum atomic E-state index is 14.2. The second-order valence-corrected chi connectivity index (χ2v) is 5.85. The lowest BCUT2D eigenvalue weighted by molar-refractivity contribution is 0.211. The van der Waals surface area contributed by atoms with Gasteiger partial charge in [0, 0.05) is 25.0 Å². The highest BCUT2D eigenvalue weighted by molar-refractivity contribution is 5.65. The topological polar surface area (TPSA) is 90.1 Å². The number of imidazole rings is 1. The molecule has 0 spiro atoms. The van der Waals surface area contributed by atoms with E-state index in [9.17, 15) is 9.18 Å².